The van der Waals surface area contributed by atoms with E-state index in [-0.39, 0.29) is 28.6 Å². The van der Waals surface area contributed by atoms with Gasteiger partial charge in [0.2, 0.25) is 0 Å². The topological polar surface area (TPSA) is 107 Å². The second-order valence-electron chi connectivity index (χ2n) is 9.58. The van der Waals surface area contributed by atoms with Crippen LogP contribution in [-0.2, 0) is 24.4 Å². The van der Waals surface area contributed by atoms with Crippen molar-refractivity contribution in [3.05, 3.63) is 69.5 Å². The van der Waals surface area contributed by atoms with Gasteiger partial charge in [0.25, 0.3) is 11.8 Å². The Labute approximate surface area is 244 Å². The number of thiocarbonyl (C=S) groups is 1. The molecular weight excluding hydrogens is 630 g/mol. The zero-order valence-corrected chi connectivity index (χ0v) is 23.7. The molecule has 15 heteroatoms. The largest absolute Gasteiger partial charge is 0.419 e. The van der Waals surface area contributed by atoms with Gasteiger partial charge in [0.05, 0.1) is 39.4 Å². The number of hydrogen-bond acceptors (Lipinski definition) is 6. The van der Waals surface area contributed by atoms with E-state index >= 15 is 4.39 Å². The number of aryl methyl sites for hydroxylation is 1. The molecule has 2 fully saturated rings. The number of alkyl halides is 3. The Morgan fingerprint density at radius 2 is 1.98 bits per heavy atom. The summed E-state index contributed by atoms with van der Waals surface area (Å²) in [6, 6.07) is 5.85. The smallest absolute Gasteiger partial charge is 0.352 e. The van der Waals surface area contributed by atoms with Crippen molar-refractivity contribution in [2.24, 2.45) is 7.05 Å². The summed E-state index contributed by atoms with van der Waals surface area (Å²) >= 11 is 8.92. The Kier molecular flexibility index (Phi) is 7.33. The lowest BCUT2D eigenvalue weighted by Gasteiger charge is -2.43. The summed E-state index contributed by atoms with van der Waals surface area (Å²) in [6.45, 7) is 0.222. The molecule has 5 rings (SSSR count). The predicted molar refractivity (Wildman–Crippen MR) is 146 cm³/mol. The van der Waals surface area contributed by atoms with Crippen molar-refractivity contribution in [1.29, 1.82) is 5.26 Å². The second kappa shape index (κ2) is 10.5. The van der Waals surface area contributed by atoms with Crippen LogP contribution in [0.2, 0.25) is 0 Å². The third-order valence-electron chi connectivity index (χ3n) is 7.25. The molecule has 1 aliphatic carbocycles. The third-order valence-corrected chi connectivity index (χ3v) is 8.28. The number of nitrogens with one attached hydrogen (secondary N) is 1. The van der Waals surface area contributed by atoms with Crippen LogP contribution in [-0.4, -0.2) is 43.8 Å². The van der Waals surface area contributed by atoms with Crippen LogP contribution in [0.4, 0.5) is 28.9 Å². The number of nitriles is 1. The maximum absolute atomic E-state index is 15.3. The van der Waals surface area contributed by atoms with Crippen LogP contribution in [0.25, 0.3) is 0 Å². The molecule has 2 aromatic heterocycles. The van der Waals surface area contributed by atoms with Gasteiger partial charge in [-0.1, -0.05) is 0 Å². The number of pyridine rings is 1. The Balaban J connectivity index is 1.41. The van der Waals surface area contributed by atoms with Crippen LogP contribution < -0.4 is 15.1 Å². The van der Waals surface area contributed by atoms with Gasteiger partial charge >= 0.3 is 6.18 Å². The van der Waals surface area contributed by atoms with Crippen molar-refractivity contribution in [3.8, 4) is 6.07 Å². The molecule has 3 heterocycles. The van der Waals surface area contributed by atoms with E-state index in [2.05, 4.69) is 31.3 Å². The molecule has 41 heavy (non-hydrogen) atoms. The minimum Gasteiger partial charge on any atom is -0.352 e. The highest BCUT2D eigenvalue weighted by Gasteiger charge is 2.60. The Hall–Kier alpha value is -3.90. The summed E-state index contributed by atoms with van der Waals surface area (Å²) in [6.07, 6.45) is -0.505. The van der Waals surface area contributed by atoms with Crippen LogP contribution in [0.5, 0.6) is 0 Å². The van der Waals surface area contributed by atoms with Gasteiger partial charge in [-0.05, 0) is 71.7 Å². The SMILES string of the molecule is Cn1ncc(Br)c1CCNC(=O)c1ccc(N2C(=S)N(c3cnc(C#N)c(C(F)(F)F)c3)C(=O)C23CCC3)cc1F. The van der Waals surface area contributed by atoms with Crippen molar-refractivity contribution in [2.45, 2.75) is 37.4 Å². The summed E-state index contributed by atoms with van der Waals surface area (Å²) in [5, 5.41) is 15.7. The van der Waals surface area contributed by atoms with Crippen molar-refractivity contribution in [2.75, 3.05) is 16.3 Å². The lowest BCUT2D eigenvalue weighted by molar-refractivity contribution is -0.138. The molecule has 1 saturated heterocycles. The summed E-state index contributed by atoms with van der Waals surface area (Å²) in [5.74, 6) is -2.07. The average molecular weight is 650 g/mol. The molecule has 9 nitrogen and oxygen atoms in total. The van der Waals surface area contributed by atoms with Crippen molar-refractivity contribution >= 4 is 56.4 Å². The maximum atomic E-state index is 15.3. The van der Waals surface area contributed by atoms with E-state index in [1.165, 1.54) is 23.1 Å². The minimum absolute atomic E-state index is 0.160. The number of carbonyl (C=O) groups excluding carboxylic acids is 2. The van der Waals surface area contributed by atoms with Gasteiger partial charge in [0, 0.05) is 25.7 Å². The summed E-state index contributed by atoms with van der Waals surface area (Å²) < 4.78 is 58.4. The molecule has 212 valence electrons. The van der Waals surface area contributed by atoms with E-state index in [0.717, 1.165) is 27.3 Å². The molecule has 2 aliphatic rings. The van der Waals surface area contributed by atoms with Crippen molar-refractivity contribution in [3.63, 3.8) is 0 Å². The van der Waals surface area contributed by atoms with Gasteiger partial charge in [-0.25, -0.2) is 9.37 Å². The molecule has 2 amide bonds. The first-order valence-corrected chi connectivity index (χ1v) is 13.5. The van der Waals surface area contributed by atoms with Gasteiger partial charge in [0.15, 0.2) is 10.8 Å². The van der Waals surface area contributed by atoms with Gasteiger partial charge in [-0.2, -0.15) is 23.5 Å². The van der Waals surface area contributed by atoms with Crippen LogP contribution in [0.15, 0.2) is 41.1 Å². The highest BCUT2D eigenvalue weighted by Crippen LogP contribution is 2.48. The van der Waals surface area contributed by atoms with E-state index in [0.29, 0.717) is 31.7 Å². The van der Waals surface area contributed by atoms with Gasteiger partial charge in [-0.15, -0.1) is 0 Å². The quantitative estimate of drug-likeness (QED) is 0.306. The van der Waals surface area contributed by atoms with Crippen LogP contribution in [0.1, 0.15) is 46.6 Å². The van der Waals surface area contributed by atoms with E-state index in [1.807, 2.05) is 0 Å². The Morgan fingerprint density at radius 1 is 1.24 bits per heavy atom. The molecule has 1 N–H and O–H groups in total. The molecule has 0 radical (unpaired) electrons. The van der Waals surface area contributed by atoms with Crippen molar-refractivity contribution in [1.82, 2.24) is 20.1 Å². The van der Waals surface area contributed by atoms with E-state index in [4.69, 9.17) is 17.5 Å². The molecule has 3 aromatic rings. The molecule has 1 aliphatic heterocycles. The standard InChI is InChI=1S/C26H20BrF4N7O2S/c1-36-21(18(27)13-35-36)5-8-33-22(39)16-4-3-14(10-19(16)28)38-24(41)37(23(40)25(38)6-2-7-25)15-9-17(26(29,30)31)20(11-32)34-12-15/h3-4,9-10,12-13H,2,5-8H2,1H3,(H,33,39). The highest BCUT2D eigenvalue weighted by molar-refractivity contribution is 9.10. The number of hydrogen-bond donors (Lipinski definition) is 1. The summed E-state index contributed by atoms with van der Waals surface area (Å²) in [4.78, 5) is 32.3. The highest BCUT2D eigenvalue weighted by atomic mass is 79.9. The first-order chi connectivity index (χ1) is 19.4. The average Bonchev–Trinajstić information content (AvgIpc) is 3.34. The number of halogens is 5. The summed E-state index contributed by atoms with van der Waals surface area (Å²) in [5.41, 5.74) is -2.80. The van der Waals surface area contributed by atoms with Crippen molar-refractivity contribution < 1.29 is 27.2 Å². The second-order valence-corrected chi connectivity index (χ2v) is 10.8. The number of rotatable bonds is 6. The lowest BCUT2D eigenvalue weighted by atomic mass is 9.75. The third kappa shape index (κ3) is 4.84. The fourth-order valence-corrected chi connectivity index (χ4v) is 6.04. The minimum atomic E-state index is -4.89. The van der Waals surface area contributed by atoms with Gasteiger partial charge in [0.1, 0.15) is 17.4 Å². The fourth-order valence-electron chi connectivity index (χ4n) is 5.02. The lowest BCUT2D eigenvalue weighted by Crippen LogP contribution is -2.55. The zero-order valence-electron chi connectivity index (χ0n) is 21.3. The number of nitrogens with zero attached hydrogens (tertiary/aromatic N) is 6. The first kappa shape index (κ1) is 28.6. The molecule has 0 unspecified atom stereocenters. The number of benzene rings is 1. The monoisotopic (exact) mass is 649 g/mol. The zero-order chi connectivity index (χ0) is 29.7. The molecule has 0 bridgehead atoms. The van der Waals surface area contributed by atoms with E-state index in [9.17, 15) is 22.8 Å². The van der Waals surface area contributed by atoms with Crippen LogP contribution in [0, 0.1) is 17.1 Å². The maximum Gasteiger partial charge on any atom is 0.419 e. The van der Waals surface area contributed by atoms with Gasteiger partial charge < -0.3 is 10.2 Å². The predicted octanol–water partition coefficient (Wildman–Crippen LogP) is 4.64. The molecule has 1 aromatic carbocycles. The molecule has 1 saturated carbocycles. The molecular formula is C26H20BrF4N7O2S. The van der Waals surface area contributed by atoms with Gasteiger partial charge in [-0.3, -0.25) is 19.2 Å². The molecule has 1 spiro atoms. The fraction of sp³-hybridized carbons (Fsp3) is 0.308. The van der Waals surface area contributed by atoms with E-state index in [1.54, 1.807) is 17.9 Å². The Morgan fingerprint density at radius 3 is 2.54 bits per heavy atom. The van der Waals surface area contributed by atoms with Crippen LogP contribution in [0.3, 0.4) is 0 Å². The normalized spacial score (nSPS) is 16.2. The summed E-state index contributed by atoms with van der Waals surface area (Å²) in [7, 11) is 1.76. The number of carbonyl (C=O) groups is 2. The van der Waals surface area contributed by atoms with Crippen LogP contribution >= 0.6 is 28.1 Å². The number of amides is 2. The Bertz CT molecular complexity index is 1610. The molecule has 0 atom stereocenters. The first-order valence-electron chi connectivity index (χ1n) is 12.3. The number of anilines is 2. The van der Waals surface area contributed by atoms with E-state index < -0.39 is 40.6 Å². The number of aromatic nitrogens is 3.